The van der Waals surface area contributed by atoms with Crippen molar-refractivity contribution in [2.24, 2.45) is 0 Å². The van der Waals surface area contributed by atoms with E-state index in [2.05, 4.69) is 22.2 Å². The van der Waals surface area contributed by atoms with Crippen molar-refractivity contribution in [2.75, 3.05) is 13.2 Å². The summed E-state index contributed by atoms with van der Waals surface area (Å²) in [5.74, 6) is 0. The Morgan fingerprint density at radius 1 is 1.56 bits per heavy atom. The molecular formula is C13H21N3OS. The molecule has 4 nitrogen and oxygen atoms in total. The first-order chi connectivity index (χ1) is 8.78. The zero-order valence-corrected chi connectivity index (χ0v) is 11.6. The van der Waals surface area contributed by atoms with Crippen LogP contribution in [0.1, 0.15) is 32.6 Å². The first-order valence-corrected chi connectivity index (χ1v) is 7.44. The van der Waals surface area contributed by atoms with Crippen molar-refractivity contribution < 1.29 is 5.11 Å². The fraction of sp³-hybridized carbons (Fsp3) is 0.692. The highest BCUT2D eigenvalue weighted by molar-refractivity contribution is 7.99. The summed E-state index contributed by atoms with van der Waals surface area (Å²) in [5.41, 5.74) is -0.0904. The van der Waals surface area contributed by atoms with Gasteiger partial charge in [-0.15, -0.1) is 11.8 Å². The number of aromatic nitrogens is 2. The fourth-order valence-corrected chi connectivity index (χ4v) is 3.93. The summed E-state index contributed by atoms with van der Waals surface area (Å²) in [6, 6.07) is 0. The molecule has 0 spiro atoms. The summed E-state index contributed by atoms with van der Waals surface area (Å²) >= 11 is 1.78. The highest BCUT2D eigenvalue weighted by atomic mass is 32.2. The molecule has 1 aliphatic rings. The Balaban J connectivity index is 1.98. The molecular weight excluding hydrogens is 246 g/mol. The number of likely N-dealkylation sites (N-methyl/N-ethyl adjacent to an activating group) is 1. The van der Waals surface area contributed by atoms with Gasteiger partial charge in [0.2, 0.25) is 0 Å². The minimum Gasteiger partial charge on any atom is -0.394 e. The van der Waals surface area contributed by atoms with Crippen LogP contribution in [0.5, 0.6) is 0 Å². The first kappa shape index (κ1) is 13.8. The van der Waals surface area contributed by atoms with Crippen molar-refractivity contribution in [3.63, 3.8) is 0 Å². The SMILES string of the molecule is CCNC1(CO)CCCC(Sc2cnccn2)C1. The predicted molar refractivity (Wildman–Crippen MR) is 73.6 cm³/mol. The van der Waals surface area contributed by atoms with Crippen LogP contribution in [0.3, 0.4) is 0 Å². The molecule has 0 saturated heterocycles. The van der Waals surface area contributed by atoms with Gasteiger partial charge in [0, 0.05) is 23.2 Å². The van der Waals surface area contributed by atoms with Crippen molar-refractivity contribution in [3.8, 4) is 0 Å². The van der Waals surface area contributed by atoms with E-state index in [-0.39, 0.29) is 12.1 Å². The maximum Gasteiger partial charge on any atom is 0.115 e. The summed E-state index contributed by atoms with van der Waals surface area (Å²) in [6.45, 7) is 3.22. The maximum atomic E-state index is 9.66. The van der Waals surface area contributed by atoms with E-state index in [0.29, 0.717) is 5.25 Å². The van der Waals surface area contributed by atoms with Crippen LogP contribution in [0.25, 0.3) is 0 Å². The minimum absolute atomic E-state index is 0.0904. The average Bonchev–Trinajstić information content (AvgIpc) is 2.41. The van der Waals surface area contributed by atoms with E-state index in [4.69, 9.17) is 0 Å². The number of hydrogen-bond donors (Lipinski definition) is 2. The zero-order valence-electron chi connectivity index (χ0n) is 10.8. The molecule has 100 valence electrons. The van der Waals surface area contributed by atoms with Gasteiger partial charge in [-0.1, -0.05) is 13.3 Å². The Morgan fingerprint density at radius 3 is 3.11 bits per heavy atom. The van der Waals surface area contributed by atoms with E-state index >= 15 is 0 Å². The van der Waals surface area contributed by atoms with Gasteiger partial charge in [0.05, 0.1) is 12.8 Å². The zero-order chi connectivity index (χ0) is 12.8. The number of nitrogens with zero attached hydrogens (tertiary/aromatic N) is 2. The number of nitrogens with one attached hydrogen (secondary N) is 1. The smallest absolute Gasteiger partial charge is 0.115 e. The van der Waals surface area contributed by atoms with Crippen LogP contribution >= 0.6 is 11.8 Å². The predicted octanol–water partition coefficient (Wildman–Crippen LogP) is 1.85. The second kappa shape index (κ2) is 6.50. The van der Waals surface area contributed by atoms with E-state index in [9.17, 15) is 5.11 Å². The van der Waals surface area contributed by atoms with E-state index in [1.54, 1.807) is 24.2 Å². The quantitative estimate of drug-likeness (QED) is 0.852. The number of rotatable bonds is 5. The lowest BCUT2D eigenvalue weighted by Gasteiger charge is -2.40. The normalized spacial score (nSPS) is 28.2. The molecule has 2 N–H and O–H groups in total. The summed E-state index contributed by atoms with van der Waals surface area (Å²) in [4.78, 5) is 8.40. The first-order valence-electron chi connectivity index (χ1n) is 6.56. The van der Waals surface area contributed by atoms with Crippen LogP contribution in [0.15, 0.2) is 23.6 Å². The van der Waals surface area contributed by atoms with Gasteiger partial charge in [0.1, 0.15) is 5.03 Å². The molecule has 18 heavy (non-hydrogen) atoms. The van der Waals surface area contributed by atoms with Crippen LogP contribution in [0.2, 0.25) is 0 Å². The van der Waals surface area contributed by atoms with Crippen LogP contribution < -0.4 is 5.32 Å². The molecule has 2 rings (SSSR count). The molecule has 1 aromatic heterocycles. The molecule has 2 unspecified atom stereocenters. The Morgan fingerprint density at radius 2 is 2.44 bits per heavy atom. The van der Waals surface area contributed by atoms with E-state index < -0.39 is 0 Å². The van der Waals surface area contributed by atoms with Gasteiger partial charge in [0.25, 0.3) is 0 Å². The van der Waals surface area contributed by atoms with E-state index in [1.165, 1.54) is 6.42 Å². The molecule has 1 saturated carbocycles. The number of hydrogen-bond acceptors (Lipinski definition) is 5. The molecule has 0 radical (unpaired) electrons. The Hall–Kier alpha value is -0.650. The molecule has 1 aliphatic carbocycles. The minimum atomic E-state index is -0.0904. The van der Waals surface area contributed by atoms with Crippen molar-refractivity contribution in [2.45, 2.75) is 48.4 Å². The Labute approximate surface area is 113 Å². The Kier molecular flexibility index (Phi) is 4.97. The van der Waals surface area contributed by atoms with Gasteiger partial charge in [-0.05, 0) is 25.8 Å². The summed E-state index contributed by atoms with van der Waals surface area (Å²) in [5, 5.41) is 14.6. The second-order valence-electron chi connectivity index (χ2n) is 4.85. The van der Waals surface area contributed by atoms with Gasteiger partial charge in [-0.25, -0.2) is 4.98 Å². The van der Waals surface area contributed by atoms with E-state index in [1.807, 2.05) is 6.20 Å². The van der Waals surface area contributed by atoms with Gasteiger partial charge in [0.15, 0.2) is 0 Å². The third kappa shape index (κ3) is 3.43. The molecule has 1 aromatic rings. The maximum absolute atomic E-state index is 9.66. The highest BCUT2D eigenvalue weighted by Gasteiger charge is 2.35. The summed E-state index contributed by atoms with van der Waals surface area (Å²) < 4.78 is 0. The number of aliphatic hydroxyl groups excluding tert-OH is 1. The largest absolute Gasteiger partial charge is 0.394 e. The number of aliphatic hydroxyl groups is 1. The van der Waals surface area contributed by atoms with Crippen molar-refractivity contribution in [3.05, 3.63) is 18.6 Å². The van der Waals surface area contributed by atoms with Crippen molar-refractivity contribution in [1.82, 2.24) is 15.3 Å². The van der Waals surface area contributed by atoms with Crippen LogP contribution in [0, 0.1) is 0 Å². The molecule has 0 aliphatic heterocycles. The lowest BCUT2D eigenvalue weighted by Crippen LogP contribution is -2.52. The number of thioether (sulfide) groups is 1. The van der Waals surface area contributed by atoms with Gasteiger partial charge in [-0.2, -0.15) is 0 Å². The van der Waals surface area contributed by atoms with Gasteiger partial charge >= 0.3 is 0 Å². The third-order valence-electron chi connectivity index (χ3n) is 3.48. The molecule has 0 amide bonds. The second-order valence-corrected chi connectivity index (χ2v) is 6.17. The lowest BCUT2D eigenvalue weighted by atomic mass is 9.82. The van der Waals surface area contributed by atoms with Crippen molar-refractivity contribution >= 4 is 11.8 Å². The summed E-state index contributed by atoms with van der Waals surface area (Å²) in [6.07, 6.45) is 9.65. The van der Waals surface area contributed by atoms with Crippen molar-refractivity contribution in [1.29, 1.82) is 0 Å². The van der Waals surface area contributed by atoms with E-state index in [0.717, 1.165) is 30.8 Å². The highest BCUT2D eigenvalue weighted by Crippen LogP contribution is 2.37. The lowest BCUT2D eigenvalue weighted by molar-refractivity contribution is 0.125. The van der Waals surface area contributed by atoms with Crippen LogP contribution in [0.4, 0.5) is 0 Å². The summed E-state index contributed by atoms with van der Waals surface area (Å²) in [7, 11) is 0. The van der Waals surface area contributed by atoms with Crippen LogP contribution in [-0.4, -0.2) is 39.0 Å². The monoisotopic (exact) mass is 267 g/mol. The standard InChI is InChI=1S/C13H21N3OS/c1-2-16-13(10-17)5-3-4-11(8-13)18-12-9-14-6-7-15-12/h6-7,9,11,16-17H,2-5,8,10H2,1H3. The molecule has 2 atom stereocenters. The molecule has 5 heteroatoms. The van der Waals surface area contributed by atoms with Gasteiger partial charge < -0.3 is 10.4 Å². The van der Waals surface area contributed by atoms with Gasteiger partial charge in [-0.3, -0.25) is 4.98 Å². The van der Waals surface area contributed by atoms with Crippen LogP contribution in [-0.2, 0) is 0 Å². The molecule has 0 aromatic carbocycles. The average molecular weight is 267 g/mol. The molecule has 1 fully saturated rings. The third-order valence-corrected chi connectivity index (χ3v) is 4.67. The Bertz CT molecular complexity index is 359. The molecule has 1 heterocycles. The topological polar surface area (TPSA) is 58.0 Å². The molecule has 0 bridgehead atoms. The fourth-order valence-electron chi connectivity index (χ4n) is 2.66.